The minimum Gasteiger partial charge on any atom is -0.457 e. The highest BCUT2D eigenvalue weighted by atomic mass is 79.9. The Morgan fingerprint density at radius 3 is 3.00 bits per heavy atom. The van der Waals surface area contributed by atoms with Crippen molar-refractivity contribution in [1.82, 2.24) is 9.97 Å². The van der Waals surface area contributed by atoms with Crippen molar-refractivity contribution in [3.8, 4) is 6.01 Å². The summed E-state index contributed by atoms with van der Waals surface area (Å²) in [4.78, 5) is 7.85. The van der Waals surface area contributed by atoms with Crippen molar-refractivity contribution < 1.29 is 14.2 Å². The van der Waals surface area contributed by atoms with Crippen LogP contribution in [0.1, 0.15) is 5.69 Å². The molecule has 0 aliphatic carbocycles. The normalized spacial score (nSPS) is 11.2. The van der Waals surface area contributed by atoms with Crippen molar-refractivity contribution in [1.29, 1.82) is 5.53 Å². The minimum atomic E-state index is -0.367. The predicted molar refractivity (Wildman–Crippen MR) is 84.4 cm³/mol. The van der Waals surface area contributed by atoms with E-state index in [1.54, 1.807) is 18.2 Å². The third-order valence-corrected chi connectivity index (χ3v) is 3.28. The van der Waals surface area contributed by atoms with Gasteiger partial charge >= 0.3 is 6.01 Å². The predicted octanol–water partition coefficient (Wildman–Crippen LogP) is 3.23. The van der Waals surface area contributed by atoms with Crippen LogP contribution in [0.25, 0.3) is 0 Å². The molecule has 0 saturated carbocycles. The number of halogens is 2. The Kier molecular flexibility index (Phi) is 6.12. The minimum absolute atomic E-state index is 0.0340. The third kappa shape index (κ3) is 5.08. The van der Waals surface area contributed by atoms with Gasteiger partial charge < -0.3 is 15.2 Å². The summed E-state index contributed by atoms with van der Waals surface area (Å²) in [6.45, 7) is -0.251. The number of nitrogens with zero attached hydrogens (tertiary/aromatic N) is 3. The average Bonchev–Trinajstić information content (AvgIpc) is 2.58. The standard InChI is InChI=1S/C14H13BrFN5O2/c15-12-5-9(1-2-13(12)16)19-6-11(21-17)8-23-14-18-4-3-10(7-22)20-14/h1-6,17,19,22H,7-8H2/b11-6-,21-17?. The molecule has 1 aromatic carbocycles. The maximum atomic E-state index is 13.1. The van der Waals surface area contributed by atoms with Crippen LogP contribution in [-0.4, -0.2) is 21.7 Å². The van der Waals surface area contributed by atoms with Crippen molar-refractivity contribution in [3.63, 3.8) is 0 Å². The van der Waals surface area contributed by atoms with Gasteiger partial charge in [0.2, 0.25) is 0 Å². The van der Waals surface area contributed by atoms with Gasteiger partial charge in [0.1, 0.15) is 18.1 Å². The Balaban J connectivity index is 1.98. The molecule has 0 unspecified atom stereocenters. The summed E-state index contributed by atoms with van der Waals surface area (Å²) in [5, 5.41) is 15.2. The van der Waals surface area contributed by atoms with Crippen LogP contribution in [0, 0.1) is 11.3 Å². The van der Waals surface area contributed by atoms with E-state index >= 15 is 0 Å². The van der Waals surface area contributed by atoms with Gasteiger partial charge in [-0.3, -0.25) is 0 Å². The lowest BCUT2D eigenvalue weighted by molar-refractivity contribution is 0.269. The van der Waals surface area contributed by atoms with Gasteiger partial charge in [0.15, 0.2) is 0 Å². The zero-order valence-corrected chi connectivity index (χ0v) is 13.4. The highest BCUT2D eigenvalue weighted by Crippen LogP contribution is 2.20. The Hall–Kier alpha value is -2.39. The maximum absolute atomic E-state index is 13.1. The van der Waals surface area contributed by atoms with Gasteiger partial charge in [-0.1, -0.05) is 0 Å². The van der Waals surface area contributed by atoms with Crippen LogP contribution in [0.2, 0.25) is 0 Å². The molecular formula is C14H13BrFN5O2. The molecule has 0 fully saturated rings. The van der Waals surface area contributed by atoms with E-state index in [4.69, 9.17) is 15.4 Å². The van der Waals surface area contributed by atoms with Crippen molar-refractivity contribution in [2.75, 3.05) is 11.9 Å². The fourth-order valence-corrected chi connectivity index (χ4v) is 1.91. The molecule has 1 heterocycles. The molecule has 9 heteroatoms. The first kappa shape index (κ1) is 17.0. The summed E-state index contributed by atoms with van der Waals surface area (Å²) in [5.74, 6) is -0.367. The van der Waals surface area contributed by atoms with Crippen molar-refractivity contribution >= 4 is 21.6 Å². The van der Waals surface area contributed by atoms with E-state index in [-0.39, 0.29) is 30.7 Å². The summed E-state index contributed by atoms with van der Waals surface area (Å²) in [7, 11) is 0. The molecule has 1 aromatic heterocycles. The van der Waals surface area contributed by atoms with Crippen LogP contribution < -0.4 is 10.1 Å². The van der Waals surface area contributed by atoms with Gasteiger partial charge in [0, 0.05) is 18.1 Å². The van der Waals surface area contributed by atoms with Crippen LogP contribution in [0.15, 0.2) is 51.9 Å². The van der Waals surface area contributed by atoms with Gasteiger partial charge in [-0.25, -0.2) is 14.9 Å². The molecule has 0 aliphatic rings. The molecule has 0 amide bonds. The van der Waals surface area contributed by atoms with E-state index in [0.717, 1.165) is 0 Å². The van der Waals surface area contributed by atoms with Crippen LogP contribution in [0.4, 0.5) is 10.1 Å². The molecule has 120 valence electrons. The number of aliphatic hydroxyl groups excluding tert-OH is 1. The van der Waals surface area contributed by atoms with Crippen LogP contribution >= 0.6 is 15.9 Å². The van der Waals surface area contributed by atoms with Crippen LogP contribution in [0.5, 0.6) is 6.01 Å². The smallest absolute Gasteiger partial charge is 0.317 e. The summed E-state index contributed by atoms with van der Waals surface area (Å²) in [6.07, 6.45) is 2.92. The zero-order valence-electron chi connectivity index (χ0n) is 11.8. The molecule has 0 bridgehead atoms. The molecule has 0 aliphatic heterocycles. The number of hydrogen-bond donors (Lipinski definition) is 3. The Labute approximate surface area is 139 Å². The van der Waals surface area contributed by atoms with E-state index in [2.05, 4.69) is 36.3 Å². The first-order valence-electron chi connectivity index (χ1n) is 6.46. The Morgan fingerprint density at radius 2 is 2.30 bits per heavy atom. The second kappa shape index (κ2) is 8.30. The highest BCUT2D eigenvalue weighted by molar-refractivity contribution is 9.10. The molecule has 0 spiro atoms. The molecule has 2 rings (SSSR count). The lowest BCUT2D eigenvalue weighted by atomic mass is 10.3. The third-order valence-electron chi connectivity index (χ3n) is 2.67. The molecule has 2 aromatic rings. The van der Waals surface area contributed by atoms with Crippen LogP contribution in [0.3, 0.4) is 0 Å². The summed E-state index contributed by atoms with van der Waals surface area (Å²) in [6, 6.07) is 6.06. The van der Waals surface area contributed by atoms with E-state index < -0.39 is 0 Å². The quantitative estimate of drug-likeness (QED) is 0.638. The maximum Gasteiger partial charge on any atom is 0.317 e. The molecule has 7 nitrogen and oxygen atoms in total. The number of anilines is 1. The second-order valence-corrected chi connectivity index (χ2v) is 5.15. The Bertz CT molecular complexity index is 726. The number of ether oxygens (including phenoxy) is 1. The van der Waals surface area contributed by atoms with E-state index in [9.17, 15) is 4.39 Å². The summed E-state index contributed by atoms with van der Waals surface area (Å²) < 4.78 is 18.8. The molecule has 0 atom stereocenters. The molecule has 0 radical (unpaired) electrons. The average molecular weight is 382 g/mol. The zero-order chi connectivity index (χ0) is 16.7. The lowest BCUT2D eigenvalue weighted by Gasteiger charge is -2.06. The molecule has 23 heavy (non-hydrogen) atoms. The first-order chi connectivity index (χ1) is 11.1. The summed E-state index contributed by atoms with van der Waals surface area (Å²) in [5.41, 5.74) is 8.47. The van der Waals surface area contributed by atoms with E-state index in [0.29, 0.717) is 15.9 Å². The van der Waals surface area contributed by atoms with Crippen molar-refractivity contribution in [3.05, 3.63) is 58.3 Å². The fourth-order valence-electron chi connectivity index (χ4n) is 1.53. The summed E-state index contributed by atoms with van der Waals surface area (Å²) >= 11 is 3.09. The van der Waals surface area contributed by atoms with Gasteiger partial charge in [0.25, 0.3) is 0 Å². The van der Waals surface area contributed by atoms with Crippen molar-refractivity contribution in [2.24, 2.45) is 5.11 Å². The van der Waals surface area contributed by atoms with Crippen molar-refractivity contribution in [2.45, 2.75) is 6.61 Å². The molecule has 0 saturated heterocycles. The van der Waals surface area contributed by atoms with Gasteiger partial charge in [0.05, 0.1) is 16.8 Å². The second-order valence-electron chi connectivity index (χ2n) is 4.30. The lowest BCUT2D eigenvalue weighted by Crippen LogP contribution is -2.05. The highest BCUT2D eigenvalue weighted by Gasteiger charge is 2.03. The number of aromatic nitrogens is 2. The monoisotopic (exact) mass is 381 g/mol. The van der Waals surface area contributed by atoms with E-state index in [1.165, 1.54) is 18.5 Å². The molecular weight excluding hydrogens is 369 g/mol. The van der Waals surface area contributed by atoms with Gasteiger partial charge in [-0.15, -0.1) is 0 Å². The SMILES string of the molecule is N=N/C(=C\Nc1ccc(F)c(Br)c1)COc1nccc(CO)n1. The largest absolute Gasteiger partial charge is 0.457 e. The fraction of sp³-hybridized carbons (Fsp3) is 0.143. The van der Waals surface area contributed by atoms with Crippen LogP contribution in [-0.2, 0) is 6.61 Å². The van der Waals surface area contributed by atoms with E-state index in [1.807, 2.05) is 0 Å². The number of hydrogen-bond acceptors (Lipinski definition) is 7. The number of rotatable bonds is 7. The van der Waals surface area contributed by atoms with Gasteiger partial charge in [-0.2, -0.15) is 10.1 Å². The molecule has 3 N–H and O–H groups in total. The van der Waals surface area contributed by atoms with Gasteiger partial charge in [-0.05, 0) is 40.2 Å². The topological polar surface area (TPSA) is 103 Å². The Morgan fingerprint density at radius 1 is 1.48 bits per heavy atom. The number of benzene rings is 1. The number of aliphatic hydroxyl groups is 1. The number of nitrogens with one attached hydrogen (secondary N) is 2. The first-order valence-corrected chi connectivity index (χ1v) is 7.25.